The van der Waals surface area contributed by atoms with Crippen LogP contribution in [0.4, 0.5) is 0 Å². The molecule has 0 amide bonds. The van der Waals surface area contributed by atoms with Crippen molar-refractivity contribution in [2.45, 2.75) is 13.8 Å². The van der Waals surface area contributed by atoms with Gasteiger partial charge in [-0.15, -0.1) is 17.7 Å². The predicted molar refractivity (Wildman–Crippen MR) is 90.8 cm³/mol. The molecule has 0 fully saturated rings. The van der Waals surface area contributed by atoms with Gasteiger partial charge in [-0.1, -0.05) is 56.3 Å². The molecule has 2 nitrogen and oxygen atoms in total. The molecule has 23 heavy (non-hydrogen) atoms. The maximum Gasteiger partial charge on any atom is 0.0239 e. The number of aromatic nitrogens is 2. The number of fused-ring (bicyclic) bond motifs is 3. The summed E-state index contributed by atoms with van der Waals surface area (Å²) in [5.74, 6) is 0. The van der Waals surface area contributed by atoms with Crippen LogP contribution in [0.25, 0.3) is 32.8 Å². The number of hydrogen-bond acceptors (Lipinski definition) is 2. The number of benzene rings is 2. The van der Waals surface area contributed by atoms with E-state index < -0.39 is 0 Å². The van der Waals surface area contributed by atoms with Gasteiger partial charge in [0.15, 0.2) is 0 Å². The fraction of sp³-hybridized carbons (Fsp3) is 0.100. The standard InChI is InChI=1S/C20H15N2.Ir/c1-13-7-10-17(14(2)22-13)20-11-19-16(12-21-20)9-8-15-5-3-4-6-18(15)19;/h3-9,11-12H,1-2H3;/q-1;. The Morgan fingerprint density at radius 1 is 0.913 bits per heavy atom. The SMILES string of the molecule is Cc1c[c-]c(-c2cc3c(ccc4ccccc43)cn2)c(C)n1.[Ir]. The van der Waals surface area contributed by atoms with E-state index in [9.17, 15) is 0 Å². The van der Waals surface area contributed by atoms with Crippen molar-refractivity contribution in [2.24, 2.45) is 0 Å². The van der Waals surface area contributed by atoms with E-state index >= 15 is 0 Å². The van der Waals surface area contributed by atoms with E-state index in [-0.39, 0.29) is 20.1 Å². The van der Waals surface area contributed by atoms with E-state index in [1.165, 1.54) is 16.2 Å². The second-order valence-corrected chi connectivity index (χ2v) is 5.58. The van der Waals surface area contributed by atoms with Crippen LogP contribution < -0.4 is 0 Å². The minimum atomic E-state index is 0. The smallest absolute Gasteiger partial charge is 0.0239 e. The number of hydrogen-bond donors (Lipinski definition) is 0. The van der Waals surface area contributed by atoms with Gasteiger partial charge in [-0.25, -0.2) is 0 Å². The van der Waals surface area contributed by atoms with Gasteiger partial charge in [-0.3, -0.25) is 0 Å². The fourth-order valence-electron chi connectivity index (χ4n) is 2.93. The summed E-state index contributed by atoms with van der Waals surface area (Å²) in [5.41, 5.74) is 3.84. The number of nitrogens with zero attached hydrogens (tertiary/aromatic N) is 2. The summed E-state index contributed by atoms with van der Waals surface area (Å²) in [6, 6.07) is 20.1. The van der Waals surface area contributed by atoms with E-state index in [0.717, 1.165) is 28.0 Å². The van der Waals surface area contributed by atoms with E-state index in [1.807, 2.05) is 26.1 Å². The van der Waals surface area contributed by atoms with Crippen LogP contribution in [0.5, 0.6) is 0 Å². The molecule has 1 radical (unpaired) electrons. The first kappa shape index (κ1) is 15.8. The summed E-state index contributed by atoms with van der Waals surface area (Å²) in [5, 5.41) is 4.87. The molecule has 115 valence electrons. The Morgan fingerprint density at radius 3 is 2.52 bits per heavy atom. The second kappa shape index (κ2) is 6.19. The van der Waals surface area contributed by atoms with Gasteiger partial charge in [0.2, 0.25) is 0 Å². The summed E-state index contributed by atoms with van der Waals surface area (Å²) >= 11 is 0. The van der Waals surface area contributed by atoms with Gasteiger partial charge < -0.3 is 9.97 Å². The van der Waals surface area contributed by atoms with E-state index in [2.05, 4.69) is 58.5 Å². The van der Waals surface area contributed by atoms with Crippen molar-refractivity contribution in [1.29, 1.82) is 0 Å². The predicted octanol–water partition coefficient (Wildman–Crippen LogP) is 4.86. The van der Waals surface area contributed by atoms with Crippen molar-refractivity contribution >= 4 is 21.5 Å². The molecule has 0 saturated carbocycles. The first-order valence-corrected chi connectivity index (χ1v) is 7.36. The molecule has 0 bridgehead atoms. The average molecular weight is 476 g/mol. The Labute approximate surface area is 148 Å². The molecule has 2 heterocycles. The van der Waals surface area contributed by atoms with Crippen LogP contribution in [0, 0.1) is 19.9 Å². The van der Waals surface area contributed by atoms with Gasteiger partial charge in [0.05, 0.1) is 0 Å². The molecule has 0 unspecified atom stereocenters. The minimum Gasteiger partial charge on any atom is -0.354 e. The van der Waals surface area contributed by atoms with Gasteiger partial charge in [0.1, 0.15) is 0 Å². The normalized spacial score (nSPS) is 10.7. The minimum absolute atomic E-state index is 0. The molecule has 2 aromatic heterocycles. The van der Waals surface area contributed by atoms with Crippen LogP contribution in [0.2, 0.25) is 0 Å². The zero-order valence-electron chi connectivity index (χ0n) is 12.9. The third-order valence-corrected chi connectivity index (χ3v) is 4.02. The molecular weight excluding hydrogens is 460 g/mol. The van der Waals surface area contributed by atoms with Crippen molar-refractivity contribution < 1.29 is 20.1 Å². The van der Waals surface area contributed by atoms with Crippen molar-refractivity contribution in [2.75, 3.05) is 0 Å². The van der Waals surface area contributed by atoms with Crippen LogP contribution in [0.1, 0.15) is 11.4 Å². The molecule has 0 atom stereocenters. The second-order valence-electron chi connectivity index (χ2n) is 5.58. The molecule has 3 heteroatoms. The zero-order chi connectivity index (χ0) is 15.1. The molecule has 0 aliphatic carbocycles. The number of aryl methyl sites for hydroxylation is 2. The van der Waals surface area contributed by atoms with Crippen LogP contribution in [-0.2, 0) is 20.1 Å². The van der Waals surface area contributed by atoms with Gasteiger partial charge in [0, 0.05) is 26.3 Å². The van der Waals surface area contributed by atoms with Gasteiger partial charge >= 0.3 is 0 Å². The fourth-order valence-corrected chi connectivity index (χ4v) is 2.93. The van der Waals surface area contributed by atoms with Crippen molar-refractivity contribution in [3.8, 4) is 11.3 Å². The quantitative estimate of drug-likeness (QED) is 0.290. The summed E-state index contributed by atoms with van der Waals surface area (Å²) in [6.07, 6.45) is 1.93. The Morgan fingerprint density at radius 2 is 1.70 bits per heavy atom. The summed E-state index contributed by atoms with van der Waals surface area (Å²) in [7, 11) is 0. The van der Waals surface area contributed by atoms with Gasteiger partial charge in [-0.05, 0) is 38.6 Å². The molecule has 0 aliphatic rings. The number of pyridine rings is 2. The largest absolute Gasteiger partial charge is 0.354 e. The monoisotopic (exact) mass is 476 g/mol. The summed E-state index contributed by atoms with van der Waals surface area (Å²) < 4.78 is 0. The maximum absolute atomic E-state index is 4.60. The molecule has 4 rings (SSSR count). The van der Waals surface area contributed by atoms with Crippen molar-refractivity contribution in [1.82, 2.24) is 9.97 Å². The van der Waals surface area contributed by atoms with E-state index in [1.54, 1.807) is 0 Å². The van der Waals surface area contributed by atoms with Crippen LogP contribution >= 0.6 is 0 Å². The molecular formula is C20H15IrN2-. The Hall–Kier alpha value is -2.09. The van der Waals surface area contributed by atoms with Gasteiger partial charge in [0.25, 0.3) is 0 Å². The number of rotatable bonds is 1. The molecule has 4 aromatic rings. The molecule has 0 aliphatic heterocycles. The van der Waals surface area contributed by atoms with Crippen LogP contribution in [0.3, 0.4) is 0 Å². The summed E-state index contributed by atoms with van der Waals surface area (Å²) in [4.78, 5) is 9.12. The van der Waals surface area contributed by atoms with Crippen molar-refractivity contribution in [3.05, 3.63) is 72.2 Å². The van der Waals surface area contributed by atoms with E-state index in [4.69, 9.17) is 0 Å². The Kier molecular flexibility index (Phi) is 4.25. The average Bonchev–Trinajstić information content (AvgIpc) is 2.54. The Bertz CT molecular complexity index is 1010. The van der Waals surface area contributed by atoms with Gasteiger partial charge in [-0.2, -0.15) is 0 Å². The Balaban J connectivity index is 0.00000156. The first-order valence-electron chi connectivity index (χ1n) is 7.36. The van der Waals surface area contributed by atoms with Crippen LogP contribution in [-0.4, -0.2) is 9.97 Å². The third kappa shape index (κ3) is 2.78. The topological polar surface area (TPSA) is 25.8 Å². The molecule has 0 saturated heterocycles. The molecule has 0 spiro atoms. The molecule has 0 N–H and O–H groups in total. The van der Waals surface area contributed by atoms with Crippen molar-refractivity contribution in [3.63, 3.8) is 0 Å². The summed E-state index contributed by atoms with van der Waals surface area (Å²) in [6.45, 7) is 3.99. The van der Waals surface area contributed by atoms with Crippen LogP contribution in [0.15, 0.2) is 54.7 Å². The first-order chi connectivity index (χ1) is 10.7. The maximum atomic E-state index is 4.60. The zero-order valence-corrected chi connectivity index (χ0v) is 15.3. The third-order valence-electron chi connectivity index (χ3n) is 4.02. The van der Waals surface area contributed by atoms with E-state index in [0.29, 0.717) is 0 Å². The molecule has 2 aromatic carbocycles.